The third-order valence-corrected chi connectivity index (χ3v) is 12.0. The second-order valence-corrected chi connectivity index (χ2v) is 16.2. The molecule has 0 aliphatic heterocycles. The first-order valence-corrected chi connectivity index (χ1v) is 21.3. The molecule has 0 N–H and O–H groups in total. The molecule has 0 aliphatic carbocycles. The summed E-state index contributed by atoms with van der Waals surface area (Å²) in [5, 5.41) is 0. The van der Waals surface area contributed by atoms with Crippen molar-refractivity contribution >= 4 is 14.4 Å². The highest BCUT2D eigenvalue weighted by Gasteiger charge is 2.39. The molecule has 14 heteroatoms. The Labute approximate surface area is 359 Å². The summed E-state index contributed by atoms with van der Waals surface area (Å²) in [6.07, 6.45) is 0.704. The molecule has 1 unspecified atom stereocenters. The molecule has 0 saturated carbocycles. The van der Waals surface area contributed by atoms with E-state index in [0.29, 0.717) is 16.1 Å². The first-order valence-electron chi connectivity index (χ1n) is 20.2. The van der Waals surface area contributed by atoms with Crippen LogP contribution in [0.25, 0.3) is 4.85 Å². The van der Waals surface area contributed by atoms with Crippen molar-refractivity contribution < 1.29 is 32.8 Å². The molecule has 13 nitrogen and oxygen atoms in total. The Bertz CT molecular complexity index is 2250. The smallest absolute Gasteiger partial charge is 0.338 e. The summed E-state index contributed by atoms with van der Waals surface area (Å²) in [6.45, 7) is 17.5. The third-order valence-electron chi connectivity index (χ3n) is 9.92. The van der Waals surface area contributed by atoms with Crippen LogP contribution in [0.5, 0.6) is 11.5 Å². The van der Waals surface area contributed by atoms with Gasteiger partial charge in [-0.25, -0.2) is 16.0 Å². The van der Waals surface area contributed by atoms with Crippen molar-refractivity contribution in [2.24, 2.45) is 0 Å². The summed E-state index contributed by atoms with van der Waals surface area (Å²) < 4.78 is 41.8. The van der Waals surface area contributed by atoms with Crippen LogP contribution in [0.1, 0.15) is 60.3 Å². The van der Waals surface area contributed by atoms with Crippen LogP contribution in [-0.2, 0) is 30.7 Å². The van der Waals surface area contributed by atoms with E-state index in [0.717, 1.165) is 16.7 Å². The number of benzene rings is 4. The van der Waals surface area contributed by atoms with E-state index in [-0.39, 0.29) is 62.7 Å². The minimum absolute atomic E-state index is 0.00144. The van der Waals surface area contributed by atoms with Gasteiger partial charge >= 0.3 is 5.69 Å². The van der Waals surface area contributed by atoms with Crippen molar-refractivity contribution in [1.29, 1.82) is 0 Å². The van der Waals surface area contributed by atoms with E-state index in [9.17, 15) is 14.4 Å². The molecule has 0 radical (unpaired) electrons. The summed E-state index contributed by atoms with van der Waals surface area (Å²) in [6, 6.07) is 33.6. The Hall–Kier alpha value is -5.45. The first kappa shape index (κ1) is 46.6. The van der Waals surface area contributed by atoms with Gasteiger partial charge in [0.15, 0.2) is 0 Å². The number of hydrogen-bond donors (Lipinski definition) is 0. The number of carbonyl (C=O) groups excluding carboxylic acids is 1. The van der Waals surface area contributed by atoms with Gasteiger partial charge in [0, 0.05) is 29.4 Å². The molecular weight excluding hydrogens is 796 g/mol. The Morgan fingerprint density at radius 2 is 1.30 bits per heavy atom. The van der Waals surface area contributed by atoms with Crippen LogP contribution in [0.2, 0.25) is 0 Å². The van der Waals surface area contributed by atoms with E-state index in [4.69, 9.17) is 34.6 Å². The number of aryl methyl sites for hydroxylation is 1. The van der Waals surface area contributed by atoms with Gasteiger partial charge in [0.2, 0.25) is 6.54 Å². The highest BCUT2D eigenvalue weighted by molar-refractivity contribution is 7.44. The molecule has 0 spiro atoms. The molecule has 61 heavy (non-hydrogen) atoms. The first-order chi connectivity index (χ1) is 29.4. The standard InChI is InChI=1S/C47H55N4O9P/c1-34(2)51(35(3)4)61(59-29-27-48-6)60-33-43(57-30-28-49-31-36(5)44(52)50(46(49)54)45(53)37-15-11-9-12-16-37)32-58-47(38-17-13-10-14-18-38,39-19-23-41(55-7)24-20-39)40-21-25-42(56-8)26-22-40/h9-26,31,34-35,43H,27-30,32-33H2,1-5,7-8H3/t43-,61?/m0/s1. The van der Waals surface area contributed by atoms with Gasteiger partial charge in [-0.15, -0.1) is 0 Å². The van der Waals surface area contributed by atoms with Crippen LogP contribution in [0.4, 0.5) is 0 Å². The minimum Gasteiger partial charge on any atom is -0.497 e. The maximum atomic E-state index is 13.7. The van der Waals surface area contributed by atoms with Crippen molar-refractivity contribution in [2.45, 2.75) is 65.0 Å². The molecule has 0 saturated heterocycles. The van der Waals surface area contributed by atoms with Crippen molar-refractivity contribution in [2.75, 3.05) is 47.2 Å². The lowest BCUT2D eigenvalue weighted by molar-refractivity contribution is -0.0801. The fourth-order valence-corrected chi connectivity index (χ4v) is 8.62. The molecule has 5 rings (SSSR count). The Morgan fingerprint density at radius 3 is 1.82 bits per heavy atom. The number of aromatic nitrogens is 2. The lowest BCUT2D eigenvalue weighted by Gasteiger charge is -2.38. The molecular formula is C47H55N4O9P. The Balaban J connectivity index is 1.53. The average Bonchev–Trinajstić information content (AvgIpc) is 3.27. The number of carbonyl (C=O) groups is 1. The molecule has 5 aromatic rings. The van der Waals surface area contributed by atoms with Gasteiger partial charge in [-0.3, -0.25) is 14.2 Å². The topological polar surface area (TPSA) is 124 Å². The lowest BCUT2D eigenvalue weighted by Crippen LogP contribution is -2.45. The third kappa shape index (κ3) is 11.5. The van der Waals surface area contributed by atoms with Crippen LogP contribution >= 0.6 is 8.53 Å². The fourth-order valence-electron chi connectivity index (χ4n) is 6.99. The van der Waals surface area contributed by atoms with Crippen molar-refractivity contribution in [1.82, 2.24) is 13.8 Å². The zero-order valence-corrected chi connectivity index (χ0v) is 36.7. The Kier molecular flexibility index (Phi) is 17.1. The van der Waals surface area contributed by atoms with Gasteiger partial charge in [0.1, 0.15) is 29.8 Å². The van der Waals surface area contributed by atoms with Gasteiger partial charge in [0.05, 0.1) is 40.6 Å². The maximum Gasteiger partial charge on any atom is 0.338 e. The largest absolute Gasteiger partial charge is 0.497 e. The van der Waals surface area contributed by atoms with Gasteiger partial charge < -0.3 is 32.8 Å². The highest BCUT2D eigenvalue weighted by atomic mass is 31.2. The molecule has 0 amide bonds. The van der Waals surface area contributed by atoms with E-state index in [2.05, 4.69) is 37.2 Å². The summed E-state index contributed by atoms with van der Waals surface area (Å²) in [5.41, 5.74) is 0.321. The molecule has 0 aliphatic rings. The lowest BCUT2D eigenvalue weighted by atomic mass is 9.80. The second-order valence-electron chi connectivity index (χ2n) is 14.7. The fraction of sp³-hybridized carbons (Fsp3) is 0.362. The van der Waals surface area contributed by atoms with Crippen molar-refractivity contribution in [3.05, 3.63) is 175 Å². The summed E-state index contributed by atoms with van der Waals surface area (Å²) in [7, 11) is 1.60. The van der Waals surface area contributed by atoms with Crippen LogP contribution in [0, 0.1) is 13.5 Å². The number of rotatable bonds is 22. The number of ether oxygens (including phenoxy) is 4. The van der Waals surface area contributed by atoms with E-state index in [1.54, 1.807) is 51.5 Å². The molecule has 4 aromatic carbocycles. The Morgan fingerprint density at radius 1 is 0.754 bits per heavy atom. The predicted octanol–water partition coefficient (Wildman–Crippen LogP) is 7.72. The van der Waals surface area contributed by atoms with Crippen LogP contribution < -0.4 is 20.7 Å². The van der Waals surface area contributed by atoms with Crippen LogP contribution in [0.15, 0.2) is 125 Å². The monoisotopic (exact) mass is 850 g/mol. The van der Waals surface area contributed by atoms with Crippen molar-refractivity contribution in [3.63, 3.8) is 0 Å². The van der Waals surface area contributed by atoms with Gasteiger partial charge in [0.25, 0.3) is 20.0 Å². The molecule has 1 heterocycles. The van der Waals surface area contributed by atoms with E-state index in [1.165, 1.54) is 10.8 Å². The molecule has 0 fully saturated rings. The van der Waals surface area contributed by atoms with E-state index in [1.807, 2.05) is 78.9 Å². The van der Waals surface area contributed by atoms with E-state index < -0.39 is 37.4 Å². The average molecular weight is 851 g/mol. The molecule has 0 bridgehead atoms. The zero-order valence-electron chi connectivity index (χ0n) is 35.9. The number of hydrogen-bond acceptors (Lipinski definition) is 10. The second kappa shape index (κ2) is 22.4. The number of nitrogens with zero attached hydrogens (tertiary/aromatic N) is 4. The van der Waals surface area contributed by atoms with Gasteiger partial charge in [-0.1, -0.05) is 72.8 Å². The van der Waals surface area contributed by atoms with Crippen molar-refractivity contribution in [3.8, 4) is 11.5 Å². The summed E-state index contributed by atoms with van der Waals surface area (Å²) in [4.78, 5) is 43.8. The summed E-state index contributed by atoms with van der Waals surface area (Å²) in [5.74, 6) is 0.655. The predicted molar refractivity (Wildman–Crippen MR) is 236 cm³/mol. The zero-order chi connectivity index (χ0) is 43.9. The SMILES string of the molecule is [C-]#[N+]CCOP(OC[C@H](COC(c1ccccc1)(c1ccc(OC)cc1)c1ccc(OC)cc1)OCCn1cc(C)c(=O)n(C(=O)c2ccccc2)c1=O)N(C(C)C)C(C)C. The summed E-state index contributed by atoms with van der Waals surface area (Å²) >= 11 is 0. The minimum atomic E-state index is -1.64. The number of methoxy groups -OCH3 is 2. The molecule has 322 valence electrons. The van der Waals surface area contributed by atoms with Crippen LogP contribution in [-0.4, -0.2) is 85.1 Å². The maximum absolute atomic E-state index is 13.7. The molecule has 2 atom stereocenters. The van der Waals surface area contributed by atoms with E-state index >= 15 is 0 Å². The highest BCUT2D eigenvalue weighted by Crippen LogP contribution is 2.46. The normalized spacial score (nSPS) is 12.7. The van der Waals surface area contributed by atoms with Gasteiger partial charge in [-0.05, 0) is 87.7 Å². The van der Waals surface area contributed by atoms with Crippen LogP contribution in [0.3, 0.4) is 0 Å². The molecule has 1 aromatic heterocycles. The quantitative estimate of drug-likeness (QED) is 0.0296. The van der Waals surface area contributed by atoms with Gasteiger partial charge in [-0.2, -0.15) is 4.57 Å².